The molecule has 6 nitrogen and oxygen atoms in total. The number of nitrogens with one attached hydrogen (secondary N) is 2. The summed E-state index contributed by atoms with van der Waals surface area (Å²) in [6.45, 7) is 3.47. The highest BCUT2D eigenvalue weighted by atomic mass is 32.1. The molecule has 0 saturated carbocycles. The van der Waals surface area contributed by atoms with Gasteiger partial charge in [-0.2, -0.15) is 0 Å². The molecule has 0 fully saturated rings. The first-order valence-corrected chi connectivity index (χ1v) is 9.14. The number of hydrogen-bond donors (Lipinski definition) is 2. The summed E-state index contributed by atoms with van der Waals surface area (Å²) in [5.74, 6) is 0.303. The first-order valence-electron chi connectivity index (χ1n) is 8.26. The van der Waals surface area contributed by atoms with Crippen LogP contribution < -0.4 is 15.4 Å². The number of ketones is 1. The van der Waals surface area contributed by atoms with Crippen LogP contribution in [0.4, 0.5) is 16.5 Å². The zero-order chi connectivity index (χ0) is 19.4. The zero-order valence-corrected chi connectivity index (χ0v) is 16.0. The van der Waals surface area contributed by atoms with Gasteiger partial charge in [-0.1, -0.05) is 18.2 Å². The van der Waals surface area contributed by atoms with E-state index >= 15 is 0 Å². The number of benzene rings is 2. The molecule has 1 heterocycles. The number of carbonyl (C=O) groups is 2. The summed E-state index contributed by atoms with van der Waals surface area (Å²) in [5, 5.41) is 8.21. The second-order valence-electron chi connectivity index (χ2n) is 5.96. The molecule has 7 heteroatoms. The average molecular weight is 381 g/mol. The van der Waals surface area contributed by atoms with Crippen LogP contribution in [0, 0.1) is 6.92 Å². The topological polar surface area (TPSA) is 80.3 Å². The lowest BCUT2D eigenvalue weighted by Gasteiger charge is -2.09. The van der Waals surface area contributed by atoms with E-state index in [0.717, 1.165) is 11.3 Å². The smallest absolute Gasteiger partial charge is 0.275 e. The first-order chi connectivity index (χ1) is 13.0. The Labute approximate surface area is 161 Å². The number of methoxy groups -OCH3 is 1. The van der Waals surface area contributed by atoms with E-state index in [-0.39, 0.29) is 11.7 Å². The molecule has 0 saturated heterocycles. The predicted molar refractivity (Wildman–Crippen MR) is 108 cm³/mol. The Hall–Kier alpha value is -3.19. The van der Waals surface area contributed by atoms with Crippen LogP contribution in [-0.2, 0) is 0 Å². The van der Waals surface area contributed by atoms with Gasteiger partial charge in [-0.25, -0.2) is 4.98 Å². The molecule has 2 aromatic carbocycles. The van der Waals surface area contributed by atoms with Crippen molar-refractivity contribution < 1.29 is 14.3 Å². The predicted octanol–water partition coefficient (Wildman–Crippen LogP) is 4.66. The number of anilines is 3. The molecule has 2 N–H and O–H groups in total. The Morgan fingerprint density at radius 3 is 2.70 bits per heavy atom. The average Bonchev–Trinajstić information content (AvgIpc) is 3.11. The van der Waals surface area contributed by atoms with Crippen molar-refractivity contribution in [2.45, 2.75) is 13.8 Å². The summed E-state index contributed by atoms with van der Waals surface area (Å²) < 4.78 is 5.34. The maximum absolute atomic E-state index is 12.4. The molecule has 0 aliphatic carbocycles. The van der Waals surface area contributed by atoms with Gasteiger partial charge in [0, 0.05) is 16.6 Å². The maximum atomic E-state index is 12.4. The largest absolute Gasteiger partial charge is 0.495 e. The van der Waals surface area contributed by atoms with Crippen molar-refractivity contribution in [2.75, 3.05) is 17.7 Å². The standard InChI is InChI=1S/C20H19N3O3S/c1-12-7-8-18(26-3)16(9-12)22-20-23-17(11-27-20)19(25)21-15-6-4-5-14(10-15)13(2)24/h4-11H,1-3H3,(H,21,25)(H,22,23). The Bertz CT molecular complexity index is 998. The van der Waals surface area contributed by atoms with Crippen molar-refractivity contribution >= 4 is 39.5 Å². The van der Waals surface area contributed by atoms with Gasteiger partial charge in [0.05, 0.1) is 12.8 Å². The van der Waals surface area contributed by atoms with E-state index in [1.807, 2.05) is 25.1 Å². The monoisotopic (exact) mass is 381 g/mol. The fourth-order valence-corrected chi connectivity index (χ4v) is 3.18. The molecule has 1 amide bonds. The second-order valence-corrected chi connectivity index (χ2v) is 6.82. The molecule has 0 aliphatic rings. The number of thiazole rings is 1. The van der Waals surface area contributed by atoms with Crippen LogP contribution in [0.5, 0.6) is 5.75 Å². The van der Waals surface area contributed by atoms with Crippen LogP contribution in [0.2, 0.25) is 0 Å². The van der Waals surface area contributed by atoms with E-state index in [2.05, 4.69) is 15.6 Å². The molecule has 3 aromatic rings. The molecule has 0 radical (unpaired) electrons. The van der Waals surface area contributed by atoms with Crippen LogP contribution >= 0.6 is 11.3 Å². The number of ether oxygens (including phenoxy) is 1. The first kappa shape index (κ1) is 18.6. The molecule has 1 aromatic heterocycles. The molecule has 27 heavy (non-hydrogen) atoms. The second kappa shape index (κ2) is 8.01. The summed E-state index contributed by atoms with van der Waals surface area (Å²) in [6, 6.07) is 12.6. The quantitative estimate of drug-likeness (QED) is 0.607. The SMILES string of the molecule is COc1ccc(C)cc1Nc1nc(C(=O)Nc2cccc(C(C)=O)c2)cs1. The van der Waals surface area contributed by atoms with Gasteiger partial charge in [0.15, 0.2) is 10.9 Å². The molecule has 0 spiro atoms. The van der Waals surface area contributed by atoms with Gasteiger partial charge in [0.25, 0.3) is 5.91 Å². The number of rotatable bonds is 6. The Kier molecular flexibility index (Phi) is 5.52. The highest BCUT2D eigenvalue weighted by Gasteiger charge is 2.13. The number of amides is 1. The molecular formula is C20H19N3O3S. The molecular weight excluding hydrogens is 362 g/mol. The van der Waals surface area contributed by atoms with Crippen molar-refractivity contribution in [1.82, 2.24) is 4.98 Å². The number of Topliss-reactive ketones (excluding diaryl/α,β-unsaturated/α-hetero) is 1. The fourth-order valence-electron chi connectivity index (χ4n) is 2.48. The number of aromatic nitrogens is 1. The minimum Gasteiger partial charge on any atom is -0.495 e. The van der Waals surface area contributed by atoms with Crippen molar-refractivity contribution in [3.8, 4) is 5.75 Å². The molecule has 3 rings (SSSR count). The van der Waals surface area contributed by atoms with Crippen LogP contribution in [-0.4, -0.2) is 23.8 Å². The van der Waals surface area contributed by atoms with Crippen LogP contribution in [0.1, 0.15) is 33.3 Å². The Balaban J connectivity index is 1.74. The Morgan fingerprint density at radius 2 is 1.96 bits per heavy atom. The van der Waals surface area contributed by atoms with Crippen LogP contribution in [0.3, 0.4) is 0 Å². The fraction of sp³-hybridized carbons (Fsp3) is 0.150. The normalized spacial score (nSPS) is 10.3. The highest BCUT2D eigenvalue weighted by molar-refractivity contribution is 7.14. The van der Waals surface area contributed by atoms with Gasteiger partial charge < -0.3 is 15.4 Å². The van der Waals surface area contributed by atoms with E-state index in [1.165, 1.54) is 18.3 Å². The highest BCUT2D eigenvalue weighted by Crippen LogP contribution is 2.30. The number of carbonyl (C=O) groups excluding carboxylic acids is 2. The molecule has 0 bridgehead atoms. The summed E-state index contributed by atoms with van der Waals surface area (Å²) >= 11 is 1.32. The van der Waals surface area contributed by atoms with Crippen molar-refractivity contribution in [2.24, 2.45) is 0 Å². The lowest BCUT2D eigenvalue weighted by atomic mass is 10.1. The third-order valence-corrected chi connectivity index (χ3v) is 4.62. The van der Waals surface area contributed by atoms with Crippen molar-refractivity contribution in [1.29, 1.82) is 0 Å². The minimum atomic E-state index is -0.337. The molecule has 0 atom stereocenters. The third kappa shape index (κ3) is 4.51. The zero-order valence-electron chi connectivity index (χ0n) is 15.2. The van der Waals surface area contributed by atoms with Gasteiger partial charge in [0.1, 0.15) is 11.4 Å². The van der Waals surface area contributed by atoms with E-state index in [1.54, 1.807) is 36.8 Å². The summed E-state index contributed by atoms with van der Waals surface area (Å²) in [6.07, 6.45) is 0. The Morgan fingerprint density at radius 1 is 1.15 bits per heavy atom. The number of nitrogens with zero attached hydrogens (tertiary/aromatic N) is 1. The minimum absolute atomic E-state index is 0.0571. The van der Waals surface area contributed by atoms with Crippen molar-refractivity contribution in [3.63, 3.8) is 0 Å². The van der Waals surface area contributed by atoms with Gasteiger partial charge in [0.2, 0.25) is 0 Å². The lowest BCUT2D eigenvalue weighted by Crippen LogP contribution is -2.12. The van der Waals surface area contributed by atoms with Crippen LogP contribution in [0.25, 0.3) is 0 Å². The van der Waals surface area contributed by atoms with E-state index < -0.39 is 0 Å². The summed E-state index contributed by atoms with van der Waals surface area (Å²) in [4.78, 5) is 28.2. The lowest BCUT2D eigenvalue weighted by molar-refractivity contribution is 0.100. The summed E-state index contributed by atoms with van der Waals surface area (Å²) in [5.41, 5.74) is 3.25. The van der Waals surface area contributed by atoms with Gasteiger partial charge >= 0.3 is 0 Å². The van der Waals surface area contributed by atoms with Gasteiger partial charge in [-0.15, -0.1) is 11.3 Å². The van der Waals surface area contributed by atoms with Crippen LogP contribution in [0.15, 0.2) is 47.8 Å². The molecule has 0 unspecified atom stereocenters. The van der Waals surface area contributed by atoms with E-state index in [9.17, 15) is 9.59 Å². The number of aryl methyl sites for hydroxylation is 1. The molecule has 0 aliphatic heterocycles. The van der Waals surface area contributed by atoms with Crippen molar-refractivity contribution in [3.05, 3.63) is 64.7 Å². The number of hydrogen-bond acceptors (Lipinski definition) is 6. The van der Waals surface area contributed by atoms with Gasteiger partial charge in [-0.05, 0) is 43.7 Å². The van der Waals surface area contributed by atoms with E-state index in [4.69, 9.17) is 4.74 Å². The summed E-state index contributed by atoms with van der Waals surface area (Å²) in [7, 11) is 1.60. The maximum Gasteiger partial charge on any atom is 0.275 e. The third-order valence-electron chi connectivity index (χ3n) is 3.86. The van der Waals surface area contributed by atoms with Gasteiger partial charge in [-0.3, -0.25) is 9.59 Å². The van der Waals surface area contributed by atoms with E-state index in [0.29, 0.717) is 27.8 Å². The molecule has 138 valence electrons.